The molecule has 0 bridgehead atoms. The van der Waals surface area contributed by atoms with Gasteiger partial charge in [-0.05, 0) is 86.2 Å². The minimum Gasteiger partial charge on any atom is -0.236 e. The number of unbranched alkanes of at least 4 members (excludes halogenated alkanes) is 6. The van der Waals surface area contributed by atoms with E-state index in [1.807, 2.05) is 0 Å². The molecule has 2 nitrogen and oxygen atoms in total. The van der Waals surface area contributed by atoms with E-state index in [2.05, 4.69) is 50.5 Å². The molecule has 0 N–H and O–H groups in total. The van der Waals surface area contributed by atoms with Crippen LogP contribution < -0.4 is 0 Å². The summed E-state index contributed by atoms with van der Waals surface area (Å²) in [6, 6.07) is 9.14. The second-order valence-corrected chi connectivity index (χ2v) is 11.7. The Morgan fingerprint density at radius 1 is 0.600 bits per heavy atom. The molecule has 4 rings (SSSR count). The molecule has 2 aromatic rings. The van der Waals surface area contributed by atoms with E-state index in [-0.39, 0.29) is 0 Å². The van der Waals surface area contributed by atoms with E-state index in [4.69, 9.17) is 9.97 Å². The SMILES string of the molecule is CCCCCCCCC[C@H]1CC[C@H](c2cnc(-c3ccc([C@H]4CC[C@H](CC)CC4)cc3)nc2)CC1. The molecule has 0 radical (unpaired) electrons. The van der Waals surface area contributed by atoms with Crippen molar-refractivity contribution in [2.24, 2.45) is 11.8 Å². The van der Waals surface area contributed by atoms with Crippen molar-refractivity contribution in [3.05, 3.63) is 47.8 Å². The van der Waals surface area contributed by atoms with Gasteiger partial charge >= 0.3 is 0 Å². The van der Waals surface area contributed by atoms with E-state index >= 15 is 0 Å². The standard InChI is InChI=1S/C33H50N2/c1-3-5-6-7-8-9-10-11-27-14-18-30(19-15-27)32-24-34-33(35-25-32)31-22-20-29(21-23-31)28-16-12-26(4-2)13-17-28/h20-28,30H,3-19H2,1-2H3/t26-,27-,28-,30-. The molecule has 1 aromatic carbocycles. The summed E-state index contributed by atoms with van der Waals surface area (Å²) in [5.41, 5.74) is 4.02. The highest BCUT2D eigenvalue weighted by Crippen LogP contribution is 2.39. The topological polar surface area (TPSA) is 25.8 Å². The van der Waals surface area contributed by atoms with Crippen LogP contribution in [0.3, 0.4) is 0 Å². The van der Waals surface area contributed by atoms with Crippen molar-refractivity contribution >= 4 is 0 Å². The lowest BCUT2D eigenvalue weighted by molar-refractivity contribution is 0.301. The Balaban J connectivity index is 1.19. The van der Waals surface area contributed by atoms with Gasteiger partial charge < -0.3 is 0 Å². The molecule has 2 aliphatic carbocycles. The van der Waals surface area contributed by atoms with E-state index in [0.29, 0.717) is 5.92 Å². The lowest BCUT2D eigenvalue weighted by Gasteiger charge is -2.28. The third-order valence-electron chi connectivity index (χ3n) is 9.27. The summed E-state index contributed by atoms with van der Waals surface area (Å²) >= 11 is 0. The van der Waals surface area contributed by atoms with Gasteiger partial charge in [-0.3, -0.25) is 0 Å². The predicted molar refractivity (Wildman–Crippen MR) is 150 cm³/mol. The summed E-state index contributed by atoms with van der Waals surface area (Å²) in [6.07, 6.45) is 27.9. The molecule has 2 aliphatic rings. The first-order valence-electron chi connectivity index (χ1n) is 15.2. The summed E-state index contributed by atoms with van der Waals surface area (Å²) in [6.45, 7) is 4.64. The first-order chi connectivity index (χ1) is 17.3. The van der Waals surface area contributed by atoms with Crippen LogP contribution in [-0.4, -0.2) is 9.97 Å². The van der Waals surface area contributed by atoms with Gasteiger partial charge in [0.15, 0.2) is 5.82 Å². The Bertz CT molecular complexity index is 824. The van der Waals surface area contributed by atoms with Gasteiger partial charge in [-0.1, -0.05) is 95.9 Å². The predicted octanol–water partition coefficient (Wildman–Crippen LogP) is 10.2. The molecule has 0 atom stereocenters. The van der Waals surface area contributed by atoms with E-state index in [1.165, 1.54) is 120 Å². The molecule has 0 saturated heterocycles. The lowest BCUT2D eigenvalue weighted by atomic mass is 9.77. The number of rotatable bonds is 12. The quantitative estimate of drug-likeness (QED) is 0.286. The maximum absolute atomic E-state index is 4.79. The third kappa shape index (κ3) is 7.89. The van der Waals surface area contributed by atoms with E-state index in [0.717, 1.165) is 29.1 Å². The van der Waals surface area contributed by atoms with Crippen molar-refractivity contribution in [3.63, 3.8) is 0 Å². The minimum atomic E-state index is 0.662. The van der Waals surface area contributed by atoms with Gasteiger partial charge in [-0.25, -0.2) is 9.97 Å². The first kappa shape index (κ1) is 26.4. The fourth-order valence-electron chi connectivity index (χ4n) is 6.68. The molecular weight excluding hydrogens is 424 g/mol. The second kappa shape index (κ2) is 14.1. The molecule has 1 aromatic heterocycles. The van der Waals surface area contributed by atoms with Gasteiger partial charge in [0.1, 0.15) is 0 Å². The first-order valence-corrected chi connectivity index (χ1v) is 15.2. The number of benzene rings is 1. The van der Waals surface area contributed by atoms with Crippen molar-refractivity contribution in [1.82, 2.24) is 9.97 Å². The van der Waals surface area contributed by atoms with Crippen molar-refractivity contribution in [3.8, 4) is 11.4 Å². The highest BCUT2D eigenvalue weighted by Gasteiger charge is 2.23. The van der Waals surface area contributed by atoms with Gasteiger partial charge in [-0.2, -0.15) is 0 Å². The fraction of sp³-hybridized carbons (Fsp3) is 0.697. The zero-order valence-corrected chi connectivity index (χ0v) is 22.7. The molecule has 0 unspecified atom stereocenters. The van der Waals surface area contributed by atoms with E-state index in [9.17, 15) is 0 Å². The molecule has 2 fully saturated rings. The van der Waals surface area contributed by atoms with Crippen LogP contribution in [0.4, 0.5) is 0 Å². The van der Waals surface area contributed by atoms with Gasteiger partial charge in [0.2, 0.25) is 0 Å². The van der Waals surface area contributed by atoms with Crippen LogP contribution >= 0.6 is 0 Å². The summed E-state index contributed by atoms with van der Waals surface area (Å²) in [7, 11) is 0. The summed E-state index contributed by atoms with van der Waals surface area (Å²) in [5.74, 6) is 4.20. The molecular formula is C33H50N2. The molecule has 192 valence electrons. The van der Waals surface area contributed by atoms with Crippen LogP contribution in [0.2, 0.25) is 0 Å². The van der Waals surface area contributed by atoms with Crippen LogP contribution in [0.1, 0.15) is 146 Å². The summed E-state index contributed by atoms with van der Waals surface area (Å²) in [5, 5.41) is 0. The third-order valence-corrected chi connectivity index (χ3v) is 9.27. The van der Waals surface area contributed by atoms with E-state index < -0.39 is 0 Å². The van der Waals surface area contributed by atoms with Crippen molar-refractivity contribution in [1.29, 1.82) is 0 Å². The van der Waals surface area contributed by atoms with Gasteiger partial charge in [0, 0.05) is 18.0 Å². The van der Waals surface area contributed by atoms with Crippen LogP contribution in [0, 0.1) is 11.8 Å². The van der Waals surface area contributed by atoms with Crippen molar-refractivity contribution < 1.29 is 0 Å². The number of aromatic nitrogens is 2. The Hall–Kier alpha value is -1.70. The van der Waals surface area contributed by atoms with Crippen LogP contribution in [0.5, 0.6) is 0 Å². The molecule has 1 heterocycles. The van der Waals surface area contributed by atoms with Gasteiger partial charge in [-0.15, -0.1) is 0 Å². The van der Waals surface area contributed by atoms with Crippen LogP contribution in [0.25, 0.3) is 11.4 Å². The average molecular weight is 475 g/mol. The number of hydrogen-bond acceptors (Lipinski definition) is 2. The van der Waals surface area contributed by atoms with Crippen LogP contribution in [0.15, 0.2) is 36.7 Å². The van der Waals surface area contributed by atoms with Crippen molar-refractivity contribution in [2.75, 3.05) is 0 Å². The zero-order valence-electron chi connectivity index (χ0n) is 22.7. The number of hydrogen-bond donors (Lipinski definition) is 0. The van der Waals surface area contributed by atoms with E-state index in [1.54, 1.807) is 0 Å². The van der Waals surface area contributed by atoms with Crippen LogP contribution in [-0.2, 0) is 0 Å². The Kier molecular flexibility index (Phi) is 10.7. The molecule has 2 saturated carbocycles. The lowest BCUT2D eigenvalue weighted by Crippen LogP contribution is -2.14. The second-order valence-electron chi connectivity index (χ2n) is 11.7. The molecule has 2 heteroatoms. The molecule has 0 aliphatic heterocycles. The Labute approximate surface area is 215 Å². The smallest absolute Gasteiger partial charge is 0.159 e. The summed E-state index contributed by atoms with van der Waals surface area (Å²) < 4.78 is 0. The summed E-state index contributed by atoms with van der Waals surface area (Å²) in [4.78, 5) is 9.57. The maximum atomic E-state index is 4.79. The highest BCUT2D eigenvalue weighted by atomic mass is 14.9. The molecule has 0 spiro atoms. The fourth-order valence-corrected chi connectivity index (χ4v) is 6.68. The van der Waals surface area contributed by atoms with Gasteiger partial charge in [0.25, 0.3) is 0 Å². The highest BCUT2D eigenvalue weighted by molar-refractivity contribution is 5.55. The van der Waals surface area contributed by atoms with Crippen molar-refractivity contribution in [2.45, 2.75) is 135 Å². The Morgan fingerprint density at radius 3 is 1.74 bits per heavy atom. The Morgan fingerprint density at radius 2 is 1.14 bits per heavy atom. The minimum absolute atomic E-state index is 0.662. The monoisotopic (exact) mass is 474 g/mol. The largest absolute Gasteiger partial charge is 0.236 e. The number of nitrogens with zero attached hydrogens (tertiary/aromatic N) is 2. The molecule has 35 heavy (non-hydrogen) atoms. The average Bonchev–Trinajstić information content (AvgIpc) is 2.93. The zero-order chi connectivity index (χ0) is 24.3. The maximum Gasteiger partial charge on any atom is 0.159 e. The molecule has 0 amide bonds. The van der Waals surface area contributed by atoms with Gasteiger partial charge in [0.05, 0.1) is 0 Å². The normalized spacial score (nSPS) is 25.0.